The van der Waals surface area contributed by atoms with Crippen LogP contribution in [0.25, 0.3) is 0 Å². The highest BCUT2D eigenvalue weighted by molar-refractivity contribution is 5.69. The fourth-order valence-electron chi connectivity index (χ4n) is 4.72. The summed E-state index contributed by atoms with van der Waals surface area (Å²) in [5, 5.41) is 2.25. The van der Waals surface area contributed by atoms with Crippen LogP contribution in [0, 0.1) is 5.92 Å². The summed E-state index contributed by atoms with van der Waals surface area (Å²) < 4.78 is 50.5. The third-order valence-corrected chi connectivity index (χ3v) is 6.38. The lowest BCUT2D eigenvalue weighted by molar-refractivity contribution is -0.357. The first-order valence-corrected chi connectivity index (χ1v) is 13.3. The molecule has 16 nitrogen and oxygen atoms in total. The molecular formula is C26H39NO15. The molecule has 0 radical (unpaired) electrons. The Morgan fingerprint density at radius 3 is 1.64 bits per heavy atom. The number of alkyl carbamates (subject to hydrolysis) is 1. The number of ether oxygens (including phenoxy) is 9. The summed E-state index contributed by atoms with van der Waals surface area (Å²) in [5.41, 5.74) is 0. The van der Waals surface area contributed by atoms with Gasteiger partial charge in [0.25, 0.3) is 0 Å². The minimum absolute atomic E-state index is 0.467. The van der Waals surface area contributed by atoms with Crippen molar-refractivity contribution < 1.29 is 71.4 Å². The lowest BCUT2D eigenvalue weighted by atomic mass is 9.88. The number of rotatable bonds is 10. The van der Waals surface area contributed by atoms with Crippen molar-refractivity contribution in [2.45, 2.75) is 110 Å². The molecule has 0 aromatic carbocycles. The summed E-state index contributed by atoms with van der Waals surface area (Å²) in [6.45, 7) is 8.70. The van der Waals surface area contributed by atoms with E-state index in [1.54, 1.807) is 6.92 Å². The van der Waals surface area contributed by atoms with Gasteiger partial charge < -0.3 is 47.9 Å². The van der Waals surface area contributed by atoms with Gasteiger partial charge in [-0.2, -0.15) is 0 Å². The van der Waals surface area contributed by atoms with E-state index in [-0.39, 0.29) is 0 Å². The first-order chi connectivity index (χ1) is 19.7. The van der Waals surface area contributed by atoms with E-state index in [4.69, 9.17) is 42.6 Å². The standard InChI is InChI=1S/C26H39NO15/c1-9-17-11(2)19(35-13(4)29)22(24(39-17)38-16(7)32)41-25-23(42-26(33)27-8)21(37-15(6)31)20(36-14(5)30)18(40-25)10-34-12(3)28/h11,17-25H,9-10H2,1-8H3,(H,27,33)/t11-,17+,18-,19+,20-,21+,22+,23+,24+,25-/m1/s1. The molecule has 0 aromatic heterocycles. The summed E-state index contributed by atoms with van der Waals surface area (Å²) in [6, 6.07) is 0. The summed E-state index contributed by atoms with van der Waals surface area (Å²) in [6.07, 6.45) is -12.4. The molecule has 0 saturated carbocycles. The van der Waals surface area contributed by atoms with Gasteiger partial charge in [0, 0.05) is 47.6 Å². The Hall–Kier alpha value is -3.50. The second-order valence-electron chi connectivity index (χ2n) is 9.71. The number of nitrogens with one attached hydrogen (secondary N) is 1. The molecule has 16 heteroatoms. The molecule has 2 aliphatic heterocycles. The maximum absolute atomic E-state index is 12.4. The van der Waals surface area contributed by atoms with Gasteiger partial charge in [-0.25, -0.2) is 4.79 Å². The quantitative estimate of drug-likeness (QED) is 0.267. The van der Waals surface area contributed by atoms with Crippen LogP contribution < -0.4 is 5.32 Å². The fourth-order valence-corrected chi connectivity index (χ4v) is 4.72. The van der Waals surface area contributed by atoms with Gasteiger partial charge in [-0.1, -0.05) is 13.8 Å². The molecule has 0 unspecified atom stereocenters. The minimum Gasteiger partial charge on any atom is -0.463 e. The molecule has 0 aromatic rings. The number of hydrogen-bond acceptors (Lipinski definition) is 15. The maximum Gasteiger partial charge on any atom is 0.407 e. The third-order valence-electron chi connectivity index (χ3n) is 6.38. The van der Waals surface area contributed by atoms with Crippen molar-refractivity contribution in [1.29, 1.82) is 0 Å². The van der Waals surface area contributed by atoms with Crippen molar-refractivity contribution in [3.63, 3.8) is 0 Å². The lowest BCUT2D eigenvalue weighted by Gasteiger charge is -2.48. The Bertz CT molecular complexity index is 1000. The first-order valence-electron chi connectivity index (χ1n) is 13.3. The topological polar surface area (TPSA) is 198 Å². The van der Waals surface area contributed by atoms with Crippen LogP contribution in [0.2, 0.25) is 0 Å². The first kappa shape index (κ1) is 34.7. The van der Waals surface area contributed by atoms with Gasteiger partial charge in [0.15, 0.2) is 30.7 Å². The smallest absolute Gasteiger partial charge is 0.407 e. The number of carbonyl (C=O) groups is 6. The van der Waals surface area contributed by atoms with Crippen molar-refractivity contribution in [1.82, 2.24) is 5.32 Å². The molecule has 2 fully saturated rings. The molecule has 1 amide bonds. The van der Waals surface area contributed by atoms with E-state index < -0.39 is 104 Å². The summed E-state index contributed by atoms with van der Waals surface area (Å²) >= 11 is 0. The van der Waals surface area contributed by atoms with Crippen molar-refractivity contribution >= 4 is 35.9 Å². The van der Waals surface area contributed by atoms with Gasteiger partial charge in [-0.05, 0) is 6.42 Å². The van der Waals surface area contributed by atoms with Crippen molar-refractivity contribution in [3.8, 4) is 0 Å². The van der Waals surface area contributed by atoms with E-state index in [9.17, 15) is 28.8 Å². The molecule has 10 atom stereocenters. The Morgan fingerprint density at radius 1 is 0.619 bits per heavy atom. The van der Waals surface area contributed by atoms with Crippen LogP contribution in [-0.4, -0.2) is 105 Å². The molecule has 0 bridgehead atoms. The molecule has 2 heterocycles. The highest BCUT2D eigenvalue weighted by Crippen LogP contribution is 2.36. The number of carbonyl (C=O) groups excluding carboxylic acids is 6. The molecule has 238 valence electrons. The van der Waals surface area contributed by atoms with Gasteiger partial charge in [0.2, 0.25) is 6.29 Å². The van der Waals surface area contributed by atoms with E-state index in [1.165, 1.54) is 14.0 Å². The van der Waals surface area contributed by atoms with Crippen molar-refractivity contribution in [2.24, 2.45) is 5.92 Å². The van der Waals surface area contributed by atoms with Crippen LogP contribution in [0.15, 0.2) is 0 Å². The van der Waals surface area contributed by atoms with Gasteiger partial charge >= 0.3 is 35.9 Å². The highest BCUT2D eigenvalue weighted by Gasteiger charge is 2.56. The molecule has 1 N–H and O–H groups in total. The number of amides is 1. The average molecular weight is 606 g/mol. The number of hydrogen-bond donors (Lipinski definition) is 1. The molecule has 0 aliphatic carbocycles. The maximum atomic E-state index is 12.4. The van der Waals surface area contributed by atoms with E-state index in [2.05, 4.69) is 5.32 Å². The SMILES string of the molecule is CC[C@@H]1O[C@H](OC(C)=O)[C@@H](O[C@H]2O[C@H](COC(C)=O)[C@@H](OC(C)=O)[C@H](OC(C)=O)[C@@H]2OC(=O)NC)[C@@H](OC(C)=O)[C@@H]1C. The van der Waals surface area contributed by atoms with E-state index >= 15 is 0 Å². The molecule has 2 rings (SSSR count). The van der Waals surface area contributed by atoms with Crippen LogP contribution in [0.5, 0.6) is 0 Å². The monoisotopic (exact) mass is 605 g/mol. The predicted molar refractivity (Wildman–Crippen MR) is 136 cm³/mol. The Balaban J connectivity index is 2.63. The fraction of sp³-hybridized carbons (Fsp3) is 0.769. The molecule has 42 heavy (non-hydrogen) atoms. The third kappa shape index (κ3) is 9.52. The number of esters is 5. The molecule has 0 spiro atoms. The summed E-state index contributed by atoms with van der Waals surface area (Å²) in [7, 11) is 1.27. The van der Waals surface area contributed by atoms with Crippen LogP contribution in [-0.2, 0) is 66.6 Å². The van der Waals surface area contributed by atoms with Crippen LogP contribution in [0.1, 0.15) is 54.9 Å². The largest absolute Gasteiger partial charge is 0.463 e. The zero-order chi connectivity index (χ0) is 31.7. The van der Waals surface area contributed by atoms with Gasteiger partial charge in [-0.3, -0.25) is 24.0 Å². The zero-order valence-electron chi connectivity index (χ0n) is 24.8. The van der Waals surface area contributed by atoms with Crippen LogP contribution >= 0.6 is 0 Å². The Morgan fingerprint density at radius 2 is 1.14 bits per heavy atom. The van der Waals surface area contributed by atoms with Gasteiger partial charge in [0.05, 0.1) is 6.10 Å². The van der Waals surface area contributed by atoms with Gasteiger partial charge in [-0.15, -0.1) is 0 Å². The van der Waals surface area contributed by atoms with E-state index in [0.29, 0.717) is 6.42 Å². The summed E-state index contributed by atoms with van der Waals surface area (Å²) in [5.74, 6) is -4.23. The van der Waals surface area contributed by atoms with Crippen molar-refractivity contribution in [3.05, 3.63) is 0 Å². The van der Waals surface area contributed by atoms with E-state index in [1.807, 2.05) is 6.92 Å². The average Bonchev–Trinajstić information content (AvgIpc) is 2.88. The second kappa shape index (κ2) is 15.7. The zero-order valence-corrected chi connectivity index (χ0v) is 24.8. The van der Waals surface area contributed by atoms with Gasteiger partial charge in [0.1, 0.15) is 18.8 Å². The van der Waals surface area contributed by atoms with E-state index in [0.717, 1.165) is 27.7 Å². The molecule has 2 saturated heterocycles. The van der Waals surface area contributed by atoms with Crippen LogP contribution in [0.4, 0.5) is 4.79 Å². The Kier molecular flexibility index (Phi) is 12.9. The summed E-state index contributed by atoms with van der Waals surface area (Å²) in [4.78, 5) is 72.3. The highest BCUT2D eigenvalue weighted by atomic mass is 16.8. The van der Waals surface area contributed by atoms with Crippen LogP contribution in [0.3, 0.4) is 0 Å². The Labute approximate surface area is 242 Å². The molecule has 2 aliphatic rings. The minimum atomic E-state index is -1.66. The normalized spacial score (nSPS) is 32.5. The van der Waals surface area contributed by atoms with Crippen molar-refractivity contribution in [2.75, 3.05) is 13.7 Å². The lowest BCUT2D eigenvalue weighted by Crippen LogP contribution is -2.66. The molecular weight excluding hydrogens is 566 g/mol. The predicted octanol–water partition coefficient (Wildman–Crippen LogP) is 0.513. The second-order valence-corrected chi connectivity index (χ2v) is 9.71.